The fourth-order valence-corrected chi connectivity index (χ4v) is 5.27. The molecule has 0 aromatic heterocycles. The van der Waals surface area contributed by atoms with E-state index in [2.05, 4.69) is 10.6 Å². The minimum absolute atomic E-state index is 0.112. The maximum atomic E-state index is 12.6. The first-order valence-electron chi connectivity index (χ1n) is 10.2. The van der Waals surface area contributed by atoms with Gasteiger partial charge in [0, 0.05) is 31.1 Å². The van der Waals surface area contributed by atoms with E-state index in [0.29, 0.717) is 43.8 Å². The number of carbonyl (C=O) groups excluding carboxylic acids is 2. The highest BCUT2D eigenvalue weighted by Gasteiger charge is 2.31. The van der Waals surface area contributed by atoms with Crippen LogP contribution in [0.1, 0.15) is 39.0 Å². The lowest BCUT2D eigenvalue weighted by atomic mass is 9.98. The van der Waals surface area contributed by atoms with Crippen molar-refractivity contribution in [2.24, 2.45) is 5.92 Å². The summed E-state index contributed by atoms with van der Waals surface area (Å²) >= 11 is 0. The minimum atomic E-state index is -3.29. The molecule has 2 aliphatic heterocycles. The number of sulfonamides is 1. The maximum absolute atomic E-state index is 12.6. The van der Waals surface area contributed by atoms with E-state index in [9.17, 15) is 18.0 Å². The molecule has 1 aromatic carbocycles. The van der Waals surface area contributed by atoms with Gasteiger partial charge in [-0.05, 0) is 56.4 Å². The molecule has 2 amide bonds. The highest BCUT2D eigenvalue weighted by molar-refractivity contribution is 7.89. The Kier molecular flexibility index (Phi) is 7.26. The van der Waals surface area contributed by atoms with Gasteiger partial charge in [-0.2, -0.15) is 0 Å². The molecule has 8 nitrogen and oxygen atoms in total. The highest BCUT2D eigenvalue weighted by Crippen LogP contribution is 2.22. The average Bonchev–Trinajstić information content (AvgIpc) is 3.24. The van der Waals surface area contributed by atoms with Crippen LogP contribution < -0.4 is 10.6 Å². The van der Waals surface area contributed by atoms with Crippen molar-refractivity contribution in [3.05, 3.63) is 24.3 Å². The number of piperidine rings is 1. The van der Waals surface area contributed by atoms with Gasteiger partial charge < -0.3 is 15.4 Å². The molecule has 0 saturated carbocycles. The summed E-state index contributed by atoms with van der Waals surface area (Å²) in [6, 6.07) is 6.89. The summed E-state index contributed by atoms with van der Waals surface area (Å²) in [7, 11) is -3.29. The van der Waals surface area contributed by atoms with Gasteiger partial charge in [-0.15, -0.1) is 0 Å². The van der Waals surface area contributed by atoms with Crippen molar-refractivity contribution < 1.29 is 22.7 Å². The van der Waals surface area contributed by atoms with Crippen LogP contribution in [-0.4, -0.2) is 56.1 Å². The Morgan fingerprint density at radius 1 is 1.07 bits per heavy atom. The molecule has 3 rings (SSSR count). The Morgan fingerprint density at radius 3 is 2.31 bits per heavy atom. The molecule has 29 heavy (non-hydrogen) atoms. The molecule has 0 unspecified atom stereocenters. The van der Waals surface area contributed by atoms with Gasteiger partial charge >= 0.3 is 0 Å². The van der Waals surface area contributed by atoms with Crippen LogP contribution in [0.15, 0.2) is 24.3 Å². The zero-order chi connectivity index (χ0) is 20.9. The Bertz CT molecular complexity index is 819. The van der Waals surface area contributed by atoms with E-state index in [1.54, 1.807) is 24.3 Å². The molecule has 2 N–H and O–H groups in total. The number of nitrogens with one attached hydrogen (secondary N) is 2. The number of nitrogens with zero attached hydrogens (tertiary/aromatic N) is 1. The molecule has 2 aliphatic rings. The van der Waals surface area contributed by atoms with Gasteiger partial charge in [0.1, 0.15) is 6.10 Å². The number of rotatable bonds is 7. The van der Waals surface area contributed by atoms with Gasteiger partial charge in [0.05, 0.1) is 11.7 Å². The lowest BCUT2D eigenvalue weighted by Crippen LogP contribution is -2.44. The van der Waals surface area contributed by atoms with Crippen LogP contribution in [0.25, 0.3) is 0 Å². The van der Waals surface area contributed by atoms with Crippen molar-refractivity contribution in [1.82, 2.24) is 4.31 Å². The molecule has 1 aromatic rings. The summed E-state index contributed by atoms with van der Waals surface area (Å²) in [5.74, 6) is -0.595. The quantitative estimate of drug-likeness (QED) is 0.700. The third kappa shape index (κ3) is 5.77. The summed E-state index contributed by atoms with van der Waals surface area (Å²) < 4.78 is 31.4. The number of hydrogen-bond donors (Lipinski definition) is 2. The fourth-order valence-electron chi connectivity index (χ4n) is 3.68. The van der Waals surface area contributed by atoms with Crippen LogP contribution in [0.4, 0.5) is 11.4 Å². The van der Waals surface area contributed by atoms with E-state index in [0.717, 1.165) is 12.8 Å². The van der Waals surface area contributed by atoms with Crippen molar-refractivity contribution >= 4 is 33.2 Å². The van der Waals surface area contributed by atoms with Crippen molar-refractivity contribution in [3.8, 4) is 0 Å². The first-order valence-corrected chi connectivity index (χ1v) is 11.8. The molecule has 9 heteroatoms. The Labute approximate surface area is 172 Å². The first kappa shape index (κ1) is 21.7. The standard InChI is InChI=1S/C20H29N3O5S/c1-2-13-29(26,27)23-11-3-5-15(14-23)19(24)21-16-7-9-17(10-8-16)22-20(25)18-6-4-12-28-18/h7-10,15,18H,2-6,11-14H2,1H3,(H,21,24)(H,22,25)/t15-,18-/m0/s1. The van der Waals surface area contributed by atoms with Crippen LogP contribution in [0.5, 0.6) is 0 Å². The predicted molar refractivity (Wildman–Crippen MR) is 111 cm³/mol. The second-order valence-corrected chi connectivity index (χ2v) is 9.66. The zero-order valence-electron chi connectivity index (χ0n) is 16.7. The third-order valence-electron chi connectivity index (χ3n) is 5.25. The Morgan fingerprint density at radius 2 is 1.72 bits per heavy atom. The van der Waals surface area contributed by atoms with Crippen molar-refractivity contribution in [3.63, 3.8) is 0 Å². The van der Waals surface area contributed by atoms with E-state index in [1.165, 1.54) is 4.31 Å². The highest BCUT2D eigenvalue weighted by atomic mass is 32.2. The van der Waals surface area contributed by atoms with Gasteiger partial charge in [-0.1, -0.05) is 6.92 Å². The Balaban J connectivity index is 1.54. The van der Waals surface area contributed by atoms with Crippen LogP contribution in [-0.2, 0) is 24.3 Å². The zero-order valence-corrected chi connectivity index (χ0v) is 17.5. The molecular formula is C20H29N3O5S. The number of amides is 2. The number of hydrogen-bond acceptors (Lipinski definition) is 5. The lowest BCUT2D eigenvalue weighted by Gasteiger charge is -2.31. The van der Waals surface area contributed by atoms with Gasteiger partial charge in [-0.3, -0.25) is 9.59 Å². The molecule has 2 atom stereocenters. The van der Waals surface area contributed by atoms with Crippen LogP contribution in [0, 0.1) is 5.92 Å². The van der Waals surface area contributed by atoms with Crippen LogP contribution >= 0.6 is 0 Å². The Hall–Kier alpha value is -1.97. The molecular weight excluding hydrogens is 394 g/mol. The normalized spacial score (nSPS) is 22.9. The first-order chi connectivity index (χ1) is 13.9. The smallest absolute Gasteiger partial charge is 0.253 e. The summed E-state index contributed by atoms with van der Waals surface area (Å²) in [5, 5.41) is 5.67. The van der Waals surface area contributed by atoms with Crippen LogP contribution in [0.2, 0.25) is 0 Å². The molecule has 0 bridgehead atoms. The molecule has 2 heterocycles. The SMILES string of the molecule is CCCS(=O)(=O)N1CCC[C@H](C(=O)Nc2ccc(NC(=O)[C@@H]3CCCO3)cc2)C1. The summed E-state index contributed by atoms with van der Waals surface area (Å²) in [6.45, 7) is 3.15. The number of benzene rings is 1. The minimum Gasteiger partial charge on any atom is -0.368 e. The van der Waals surface area contributed by atoms with Gasteiger partial charge in [0.15, 0.2) is 0 Å². The topological polar surface area (TPSA) is 105 Å². The van der Waals surface area contributed by atoms with E-state index in [1.807, 2.05) is 6.92 Å². The maximum Gasteiger partial charge on any atom is 0.253 e. The van der Waals surface area contributed by atoms with E-state index in [4.69, 9.17) is 4.74 Å². The largest absolute Gasteiger partial charge is 0.368 e. The molecule has 0 radical (unpaired) electrons. The van der Waals surface area contributed by atoms with Gasteiger partial charge in [0.25, 0.3) is 5.91 Å². The van der Waals surface area contributed by atoms with Crippen molar-refractivity contribution in [1.29, 1.82) is 0 Å². The van der Waals surface area contributed by atoms with E-state index in [-0.39, 0.29) is 30.0 Å². The summed E-state index contributed by atoms with van der Waals surface area (Å²) in [6.07, 6.45) is 3.13. The van der Waals surface area contributed by atoms with Crippen molar-refractivity contribution in [2.45, 2.75) is 45.1 Å². The molecule has 160 valence electrons. The van der Waals surface area contributed by atoms with Crippen molar-refractivity contribution in [2.75, 3.05) is 36.1 Å². The number of anilines is 2. The number of ether oxygens (including phenoxy) is 1. The number of carbonyl (C=O) groups is 2. The van der Waals surface area contributed by atoms with E-state index < -0.39 is 16.1 Å². The molecule has 0 aliphatic carbocycles. The van der Waals surface area contributed by atoms with E-state index >= 15 is 0 Å². The predicted octanol–water partition coefficient (Wildman–Crippen LogP) is 2.19. The summed E-state index contributed by atoms with van der Waals surface area (Å²) in [5.41, 5.74) is 1.25. The van der Waals surface area contributed by atoms with Gasteiger partial charge in [0.2, 0.25) is 15.9 Å². The average molecular weight is 424 g/mol. The second-order valence-electron chi connectivity index (χ2n) is 7.57. The van der Waals surface area contributed by atoms with Crippen LogP contribution in [0.3, 0.4) is 0 Å². The fraction of sp³-hybridized carbons (Fsp3) is 0.600. The molecule has 2 fully saturated rings. The summed E-state index contributed by atoms with van der Waals surface area (Å²) in [4.78, 5) is 24.7. The van der Waals surface area contributed by atoms with Gasteiger partial charge in [-0.25, -0.2) is 12.7 Å². The molecule has 0 spiro atoms. The molecule has 2 saturated heterocycles. The third-order valence-corrected chi connectivity index (χ3v) is 7.30. The second kappa shape index (κ2) is 9.69. The monoisotopic (exact) mass is 423 g/mol. The lowest BCUT2D eigenvalue weighted by molar-refractivity contribution is -0.124.